The lowest BCUT2D eigenvalue weighted by Gasteiger charge is -2.25. The molecule has 230 valence electrons. The standard InChI is InChI=1S/C30H24F5N3O6/c1-16(18-10-13-22-24(14-18)44-30(34,35)43-22)41-25-7-2-4-20(36-25)27-26-21(38(37-27)15-29(31,32)33)5-3-6-23(26)42-19-11-8-17(9-12-19)28(39)40/h2,4,7-14,16,23H,3,5-6,15H2,1H3,(H,39,40)/t16-,23-/m0/s1. The van der Waals surface area contributed by atoms with Crippen LogP contribution in [0.25, 0.3) is 11.4 Å². The van der Waals surface area contributed by atoms with Crippen molar-refractivity contribution in [1.82, 2.24) is 14.8 Å². The Morgan fingerprint density at radius 1 is 1.11 bits per heavy atom. The summed E-state index contributed by atoms with van der Waals surface area (Å²) < 4.78 is 89.5. The van der Waals surface area contributed by atoms with Gasteiger partial charge in [0.15, 0.2) is 11.5 Å². The quantitative estimate of drug-likeness (QED) is 0.209. The number of aromatic carboxylic acids is 1. The molecule has 44 heavy (non-hydrogen) atoms. The fourth-order valence-electron chi connectivity index (χ4n) is 5.24. The minimum absolute atomic E-state index is 0.0642. The Kier molecular flexibility index (Phi) is 7.30. The van der Waals surface area contributed by atoms with E-state index >= 15 is 0 Å². The number of ether oxygens (including phenoxy) is 4. The fraction of sp³-hybridized carbons (Fsp3) is 0.300. The number of rotatable bonds is 8. The molecule has 14 heteroatoms. The van der Waals surface area contributed by atoms with E-state index in [9.17, 15) is 31.9 Å². The third-order valence-corrected chi connectivity index (χ3v) is 7.17. The van der Waals surface area contributed by atoms with Gasteiger partial charge in [0.1, 0.15) is 30.2 Å². The highest BCUT2D eigenvalue weighted by Crippen LogP contribution is 2.43. The molecule has 1 aliphatic heterocycles. The zero-order chi connectivity index (χ0) is 31.2. The molecule has 0 spiro atoms. The summed E-state index contributed by atoms with van der Waals surface area (Å²) in [7, 11) is 0. The summed E-state index contributed by atoms with van der Waals surface area (Å²) in [5.41, 5.74) is 1.82. The van der Waals surface area contributed by atoms with Gasteiger partial charge in [-0.1, -0.05) is 12.1 Å². The van der Waals surface area contributed by atoms with Crippen LogP contribution in [0.4, 0.5) is 22.0 Å². The summed E-state index contributed by atoms with van der Waals surface area (Å²) in [5.74, 6) is -0.887. The second kappa shape index (κ2) is 11.0. The number of nitrogens with zero attached hydrogens (tertiary/aromatic N) is 3. The summed E-state index contributed by atoms with van der Waals surface area (Å²) >= 11 is 0. The molecule has 2 aliphatic rings. The predicted molar refractivity (Wildman–Crippen MR) is 143 cm³/mol. The lowest BCUT2D eigenvalue weighted by Crippen LogP contribution is -2.25. The molecule has 3 heterocycles. The summed E-state index contributed by atoms with van der Waals surface area (Å²) in [5, 5.41) is 13.5. The van der Waals surface area contributed by atoms with Crippen LogP contribution >= 0.6 is 0 Å². The van der Waals surface area contributed by atoms with Gasteiger partial charge in [0.2, 0.25) is 5.88 Å². The number of carboxylic acid groups (broad SMARTS) is 1. The van der Waals surface area contributed by atoms with E-state index in [1.54, 1.807) is 25.1 Å². The average molecular weight is 618 g/mol. The molecule has 2 atom stereocenters. The van der Waals surface area contributed by atoms with Gasteiger partial charge in [-0.2, -0.15) is 18.3 Å². The molecule has 2 aromatic heterocycles. The number of hydrogen-bond donors (Lipinski definition) is 1. The molecule has 0 radical (unpaired) electrons. The normalized spacial score (nSPS) is 17.5. The minimum atomic E-state index is -4.53. The molecule has 0 unspecified atom stereocenters. The molecule has 0 amide bonds. The van der Waals surface area contributed by atoms with E-state index in [4.69, 9.17) is 9.47 Å². The molecule has 4 aromatic rings. The van der Waals surface area contributed by atoms with Gasteiger partial charge in [-0.25, -0.2) is 9.78 Å². The van der Waals surface area contributed by atoms with Crippen molar-refractivity contribution in [2.75, 3.05) is 0 Å². The van der Waals surface area contributed by atoms with E-state index in [1.807, 2.05) is 0 Å². The van der Waals surface area contributed by atoms with Crippen molar-refractivity contribution in [3.05, 3.63) is 83.0 Å². The second-order valence-electron chi connectivity index (χ2n) is 10.3. The van der Waals surface area contributed by atoms with Crippen LogP contribution < -0.4 is 18.9 Å². The van der Waals surface area contributed by atoms with Crippen LogP contribution in [0.5, 0.6) is 23.1 Å². The summed E-state index contributed by atoms with van der Waals surface area (Å²) in [4.78, 5) is 15.7. The van der Waals surface area contributed by atoms with Crippen molar-refractivity contribution in [1.29, 1.82) is 0 Å². The molecular weight excluding hydrogens is 593 g/mol. The van der Waals surface area contributed by atoms with Crippen LogP contribution in [0.3, 0.4) is 0 Å². The molecule has 0 saturated heterocycles. The van der Waals surface area contributed by atoms with Crippen LogP contribution in [-0.4, -0.2) is 38.3 Å². The van der Waals surface area contributed by atoms with Gasteiger partial charge < -0.3 is 24.1 Å². The molecule has 0 fully saturated rings. The monoisotopic (exact) mass is 617 g/mol. The smallest absolute Gasteiger partial charge is 0.486 e. The number of fused-ring (bicyclic) bond motifs is 2. The van der Waals surface area contributed by atoms with Gasteiger partial charge in [-0.15, -0.1) is 8.78 Å². The Morgan fingerprint density at radius 3 is 2.59 bits per heavy atom. The summed E-state index contributed by atoms with van der Waals surface area (Å²) in [6, 6.07) is 14.7. The third kappa shape index (κ3) is 6.10. The number of carbonyl (C=O) groups is 1. The number of carboxylic acids is 1. The first-order chi connectivity index (χ1) is 20.8. The van der Waals surface area contributed by atoms with Gasteiger partial charge in [0.05, 0.1) is 11.3 Å². The van der Waals surface area contributed by atoms with E-state index in [0.717, 1.165) is 4.68 Å². The molecule has 9 nitrogen and oxygen atoms in total. The van der Waals surface area contributed by atoms with Crippen molar-refractivity contribution >= 4 is 5.97 Å². The summed E-state index contributed by atoms with van der Waals surface area (Å²) in [6.07, 6.45) is -8.28. The average Bonchev–Trinajstić information content (AvgIpc) is 3.48. The lowest BCUT2D eigenvalue weighted by atomic mass is 9.91. The predicted octanol–water partition coefficient (Wildman–Crippen LogP) is 7.12. The van der Waals surface area contributed by atoms with Crippen LogP contribution in [0.2, 0.25) is 0 Å². The van der Waals surface area contributed by atoms with Crippen molar-refractivity contribution in [3.63, 3.8) is 0 Å². The number of hydrogen-bond acceptors (Lipinski definition) is 7. The summed E-state index contributed by atoms with van der Waals surface area (Å²) in [6.45, 7) is 0.370. The van der Waals surface area contributed by atoms with Crippen molar-refractivity contribution in [2.45, 2.75) is 57.4 Å². The Hall–Kier alpha value is -4.88. The van der Waals surface area contributed by atoms with Gasteiger partial charge in [0.25, 0.3) is 0 Å². The van der Waals surface area contributed by atoms with Crippen molar-refractivity contribution in [2.24, 2.45) is 0 Å². The van der Waals surface area contributed by atoms with Crippen LogP contribution in [-0.2, 0) is 13.0 Å². The van der Waals surface area contributed by atoms with Crippen LogP contribution in [0.15, 0.2) is 60.7 Å². The van der Waals surface area contributed by atoms with E-state index in [-0.39, 0.29) is 34.3 Å². The van der Waals surface area contributed by atoms with E-state index in [0.29, 0.717) is 41.8 Å². The maximum atomic E-state index is 13.5. The van der Waals surface area contributed by atoms with E-state index in [1.165, 1.54) is 42.5 Å². The number of pyridine rings is 1. The molecule has 2 aromatic carbocycles. The lowest BCUT2D eigenvalue weighted by molar-refractivity contribution is -0.286. The van der Waals surface area contributed by atoms with Crippen LogP contribution in [0.1, 0.15) is 59.2 Å². The highest BCUT2D eigenvalue weighted by atomic mass is 19.4. The van der Waals surface area contributed by atoms with Crippen molar-refractivity contribution in [3.8, 4) is 34.5 Å². The molecule has 6 rings (SSSR count). The minimum Gasteiger partial charge on any atom is -0.486 e. The highest BCUT2D eigenvalue weighted by molar-refractivity contribution is 5.87. The zero-order valence-electron chi connectivity index (χ0n) is 23.0. The highest BCUT2D eigenvalue weighted by Gasteiger charge is 2.43. The van der Waals surface area contributed by atoms with Gasteiger partial charge in [0, 0.05) is 17.3 Å². The molecule has 1 aliphatic carbocycles. The van der Waals surface area contributed by atoms with Gasteiger partial charge in [-0.05, 0) is 74.2 Å². The first kappa shape index (κ1) is 29.2. The number of aromatic nitrogens is 3. The van der Waals surface area contributed by atoms with Crippen LogP contribution in [0, 0.1) is 0 Å². The Bertz CT molecular complexity index is 1710. The Balaban J connectivity index is 1.31. The third-order valence-electron chi connectivity index (χ3n) is 7.17. The Labute approximate surface area is 246 Å². The SMILES string of the molecule is C[C@H](Oc1cccc(-c2nn(CC(F)(F)F)c3c2[C@@H](Oc2ccc(C(=O)O)cc2)CCC3)n1)c1ccc2c(c1)OC(F)(F)O2. The first-order valence-corrected chi connectivity index (χ1v) is 13.6. The fourth-order valence-corrected chi connectivity index (χ4v) is 5.24. The number of benzene rings is 2. The maximum absolute atomic E-state index is 13.5. The molecule has 0 saturated carbocycles. The van der Waals surface area contributed by atoms with Crippen molar-refractivity contribution < 1.29 is 50.8 Å². The maximum Gasteiger partial charge on any atom is 0.586 e. The Morgan fingerprint density at radius 2 is 1.86 bits per heavy atom. The topological polar surface area (TPSA) is 105 Å². The molecule has 0 bridgehead atoms. The first-order valence-electron chi connectivity index (χ1n) is 13.6. The van der Waals surface area contributed by atoms with E-state index in [2.05, 4.69) is 19.6 Å². The molecule has 1 N–H and O–H groups in total. The van der Waals surface area contributed by atoms with Gasteiger partial charge in [-0.3, -0.25) is 4.68 Å². The number of halogens is 5. The van der Waals surface area contributed by atoms with E-state index < -0.39 is 37.2 Å². The number of alkyl halides is 5. The van der Waals surface area contributed by atoms with Gasteiger partial charge >= 0.3 is 18.4 Å². The zero-order valence-corrected chi connectivity index (χ0v) is 23.0. The molecular formula is C30H24F5N3O6. The second-order valence-corrected chi connectivity index (χ2v) is 10.3. The largest absolute Gasteiger partial charge is 0.586 e.